The number of fused-ring (bicyclic) bond motifs is 2. The van der Waals surface area contributed by atoms with Crippen LogP contribution >= 0.6 is 0 Å². The van der Waals surface area contributed by atoms with E-state index in [1.165, 1.54) is 0 Å². The normalized spacial score (nSPS) is 41.5. The molecule has 0 aromatic carbocycles. The Morgan fingerprint density at radius 3 is 1.81 bits per heavy atom. The van der Waals surface area contributed by atoms with Crippen molar-refractivity contribution in [3.05, 3.63) is 85.1 Å². The molecular formula is C54H89N3O17. The summed E-state index contributed by atoms with van der Waals surface area (Å²) in [6, 6.07) is -0.848. The molecule has 2 bridgehead atoms. The highest BCUT2D eigenvalue weighted by molar-refractivity contribution is 5.74. The van der Waals surface area contributed by atoms with Crippen LogP contribution in [0.4, 0.5) is 0 Å². The Morgan fingerprint density at radius 2 is 1.24 bits per heavy atom. The van der Waals surface area contributed by atoms with E-state index in [4.69, 9.17) is 35.2 Å². The van der Waals surface area contributed by atoms with Crippen LogP contribution in [0.1, 0.15) is 91.9 Å². The van der Waals surface area contributed by atoms with Crippen LogP contribution < -0.4 is 11.5 Å². The van der Waals surface area contributed by atoms with Crippen LogP contribution in [0.2, 0.25) is 0 Å². The highest BCUT2D eigenvalue weighted by Gasteiger charge is 2.52. The number of carbonyl (C=O) groups excluding carboxylic acids is 2. The monoisotopic (exact) mass is 1050 g/mol. The van der Waals surface area contributed by atoms with Crippen molar-refractivity contribution >= 4 is 11.9 Å². The average Bonchev–Trinajstić information content (AvgIpc) is 3.33. The lowest BCUT2D eigenvalue weighted by Gasteiger charge is -2.47. The van der Waals surface area contributed by atoms with E-state index in [0.717, 1.165) is 7.11 Å². The molecule has 19 atom stereocenters. The molecule has 0 saturated carbocycles. The summed E-state index contributed by atoms with van der Waals surface area (Å²) in [6.07, 6.45) is 5.90. The Bertz CT molecular complexity index is 1840. The van der Waals surface area contributed by atoms with Crippen LogP contribution in [0.3, 0.4) is 0 Å². The zero-order valence-electron chi connectivity index (χ0n) is 43.8. The van der Waals surface area contributed by atoms with Crippen molar-refractivity contribution in [2.75, 3.05) is 33.3 Å². The summed E-state index contributed by atoms with van der Waals surface area (Å²) in [4.78, 5) is 27.9. The van der Waals surface area contributed by atoms with Crippen LogP contribution in [0.5, 0.6) is 0 Å². The van der Waals surface area contributed by atoms with Gasteiger partial charge in [0, 0.05) is 37.5 Å². The van der Waals surface area contributed by atoms with Gasteiger partial charge in [-0.1, -0.05) is 98.9 Å². The molecule has 2 fully saturated rings. The van der Waals surface area contributed by atoms with Crippen LogP contribution in [0.15, 0.2) is 85.1 Å². The van der Waals surface area contributed by atoms with Crippen LogP contribution in [0.25, 0.3) is 0 Å². The highest BCUT2D eigenvalue weighted by Crippen LogP contribution is 2.39. The summed E-state index contributed by atoms with van der Waals surface area (Å²) in [7, 11) is 1.13. The lowest BCUT2D eigenvalue weighted by atomic mass is 9.82. The van der Waals surface area contributed by atoms with Gasteiger partial charge in [-0.05, 0) is 72.1 Å². The number of rotatable bonds is 10. The molecule has 3 heterocycles. The van der Waals surface area contributed by atoms with E-state index >= 15 is 0 Å². The van der Waals surface area contributed by atoms with Gasteiger partial charge in [0.1, 0.15) is 18.1 Å². The molecule has 20 nitrogen and oxygen atoms in total. The fourth-order valence-electron chi connectivity index (χ4n) is 9.47. The molecule has 0 aromatic rings. The molecule has 0 spiro atoms. The molecule has 14 N–H and O–H groups in total. The zero-order valence-corrected chi connectivity index (χ0v) is 43.8. The van der Waals surface area contributed by atoms with Gasteiger partial charge in [-0.3, -0.25) is 14.5 Å². The summed E-state index contributed by atoms with van der Waals surface area (Å²) in [6.45, 7) is 8.52. The smallest absolute Gasteiger partial charge is 0.313 e. The summed E-state index contributed by atoms with van der Waals surface area (Å²) < 4.78 is 29.3. The first-order valence-electron chi connectivity index (χ1n) is 26.1. The largest absolute Gasteiger partial charge is 0.469 e. The predicted octanol–water partition coefficient (Wildman–Crippen LogP) is 0.841. The second-order valence-electron chi connectivity index (χ2n) is 20.0. The molecule has 0 amide bonds. The maximum absolute atomic E-state index is 13.3. The fourth-order valence-corrected chi connectivity index (χ4v) is 9.47. The summed E-state index contributed by atoms with van der Waals surface area (Å²) >= 11 is 0. The van der Waals surface area contributed by atoms with E-state index in [2.05, 4.69) is 0 Å². The third-order valence-electron chi connectivity index (χ3n) is 13.8. The number of nitrogens with two attached hydrogens (primary N) is 2. The number of cyclic esters (lactones) is 1. The minimum absolute atomic E-state index is 0.0993. The highest BCUT2D eigenvalue weighted by atomic mass is 16.7. The number of hydrogen-bond acceptors (Lipinski definition) is 20. The first kappa shape index (κ1) is 64.8. The quantitative estimate of drug-likeness (QED) is 0.135. The van der Waals surface area contributed by atoms with Gasteiger partial charge in [0.2, 0.25) is 0 Å². The van der Waals surface area contributed by atoms with E-state index in [0.29, 0.717) is 39.0 Å². The number of allylic oxidation sites excluding steroid dienone is 12. The van der Waals surface area contributed by atoms with Crippen molar-refractivity contribution in [2.24, 2.45) is 29.2 Å². The first-order chi connectivity index (χ1) is 35.1. The van der Waals surface area contributed by atoms with Gasteiger partial charge >= 0.3 is 11.9 Å². The molecule has 20 heteroatoms. The van der Waals surface area contributed by atoms with Gasteiger partial charge in [0.25, 0.3) is 0 Å². The van der Waals surface area contributed by atoms with Crippen LogP contribution in [-0.2, 0) is 33.3 Å². The summed E-state index contributed by atoms with van der Waals surface area (Å²) in [5.41, 5.74) is 11.7. The molecule has 3 aliphatic rings. The topological polar surface area (TPSA) is 338 Å². The molecule has 0 aliphatic carbocycles. The molecule has 0 aromatic heterocycles. The van der Waals surface area contributed by atoms with E-state index in [1.54, 1.807) is 63.3 Å². The van der Waals surface area contributed by atoms with Crippen molar-refractivity contribution in [1.82, 2.24) is 4.90 Å². The van der Waals surface area contributed by atoms with Gasteiger partial charge in [-0.15, -0.1) is 0 Å². The minimum atomic E-state index is -2.29. The molecule has 0 unspecified atom stereocenters. The number of methoxy groups -OCH3 is 1. The second-order valence-corrected chi connectivity index (χ2v) is 20.0. The Balaban J connectivity index is 1.96. The van der Waals surface area contributed by atoms with Crippen molar-refractivity contribution in [3.8, 4) is 0 Å². The Morgan fingerprint density at radius 1 is 0.676 bits per heavy atom. The number of aliphatic hydroxyl groups excluding tert-OH is 9. The van der Waals surface area contributed by atoms with Gasteiger partial charge in [0.15, 0.2) is 12.1 Å². The number of carbonyl (C=O) groups is 2. The molecule has 422 valence electrons. The molecular weight excluding hydrogens is 963 g/mol. The molecule has 2 saturated heterocycles. The minimum Gasteiger partial charge on any atom is -0.469 e. The zero-order chi connectivity index (χ0) is 55.0. The molecule has 3 rings (SSSR count). The van der Waals surface area contributed by atoms with E-state index < -0.39 is 147 Å². The molecule has 0 radical (unpaired) electrons. The standard InChI is InChI=1S/C54H89N3O17/c1-34-20-16-14-12-10-8-6-7-9-11-13-15-17-21-41(73-53-51(67)48(50(66)37(4)72-53)57(26-18-24-55)27-19-25-56)31-45-47(52(68)70-5)44(63)33-54(69,74-45)32-40(60)29-43(62)42(61)23-22-38(58)28-39(59)30-46(64)71-36(3)35(2)49(34)65/h6-17,20-21,34-45,47-51,53,58-63,65-67,69H,18-19,22-33,55-56H2,1-5H3/b7-6+,10-8+,11-9+,14-12+,15-13+,20-16+,21-17+/t34-,35-,36-,37+,38+,39+,40-,41-,42+,43+,44-,45-,47+,48-,49+,50+,51-,53-,54+/m0/s1. The predicted molar refractivity (Wildman–Crippen MR) is 276 cm³/mol. The van der Waals surface area contributed by atoms with Crippen molar-refractivity contribution in [3.63, 3.8) is 0 Å². The number of ether oxygens (including phenoxy) is 5. The lowest BCUT2D eigenvalue weighted by Crippen LogP contribution is -2.64. The van der Waals surface area contributed by atoms with Crippen molar-refractivity contribution < 1.29 is 84.3 Å². The SMILES string of the molecule is COC(=O)[C@H]1[C@@H]2C[C@@H](O[C@@H]3O[C@H](C)[C@@H](O)[C@H](N(CCCN)CCCN)[C@@H]3O)/C=C/C=C/C=C/C=C/C=C/C=C/C=C/[C@H](C)[C@@H](O)[C@@H](C)[C@H](C)OC(=O)C[C@H](O)C[C@H](O)CC[C@@H](O)[C@H](O)C[C@H](O)C[C@](O)(C[C@@H]1O)O2. The lowest BCUT2D eigenvalue weighted by molar-refractivity contribution is -0.312. The van der Waals surface area contributed by atoms with Crippen LogP contribution in [-0.4, -0.2) is 199 Å². The second kappa shape index (κ2) is 33.6. The molecule has 3 aliphatic heterocycles. The Kier molecular flexibility index (Phi) is 29.4. The fraction of sp³-hybridized carbons (Fsp3) is 0.704. The molecule has 74 heavy (non-hydrogen) atoms. The number of nitrogens with zero attached hydrogens (tertiary/aromatic N) is 1. The average molecular weight is 1050 g/mol. The number of esters is 2. The van der Waals surface area contributed by atoms with E-state index in [9.17, 15) is 60.7 Å². The Labute approximate surface area is 437 Å². The van der Waals surface area contributed by atoms with Gasteiger partial charge in [-0.2, -0.15) is 0 Å². The number of aliphatic hydroxyl groups is 10. The summed E-state index contributed by atoms with van der Waals surface area (Å²) in [5, 5.41) is 112. The maximum atomic E-state index is 13.3. The maximum Gasteiger partial charge on any atom is 0.313 e. The van der Waals surface area contributed by atoms with E-state index in [-0.39, 0.29) is 31.6 Å². The van der Waals surface area contributed by atoms with Crippen molar-refractivity contribution in [1.29, 1.82) is 0 Å². The van der Waals surface area contributed by atoms with Gasteiger partial charge in [-0.25, -0.2) is 0 Å². The number of hydrogen-bond donors (Lipinski definition) is 12. The van der Waals surface area contributed by atoms with Gasteiger partial charge < -0.3 is 86.2 Å². The van der Waals surface area contributed by atoms with Crippen LogP contribution in [0, 0.1) is 17.8 Å². The van der Waals surface area contributed by atoms with Gasteiger partial charge in [0.05, 0.1) is 86.7 Å². The van der Waals surface area contributed by atoms with Crippen molar-refractivity contribution in [2.45, 2.75) is 189 Å². The van der Waals surface area contributed by atoms with E-state index in [1.807, 2.05) is 54.4 Å². The Hall–Kier alpha value is -3.52. The first-order valence-corrected chi connectivity index (χ1v) is 26.1. The third kappa shape index (κ3) is 21.8. The third-order valence-corrected chi connectivity index (χ3v) is 13.8. The summed E-state index contributed by atoms with van der Waals surface area (Å²) in [5.74, 6) is -5.98.